The van der Waals surface area contributed by atoms with Crippen molar-refractivity contribution in [3.63, 3.8) is 0 Å². The number of para-hydroxylation sites is 1. The van der Waals surface area contributed by atoms with Crippen molar-refractivity contribution in [3.8, 4) is 0 Å². The minimum atomic E-state index is -0.515. The Morgan fingerprint density at radius 3 is 2.39 bits per heavy atom. The topological polar surface area (TPSA) is 69.7 Å². The fraction of sp³-hybridized carbons (Fsp3) is 0.400. The second-order valence-corrected chi connectivity index (χ2v) is 9.31. The summed E-state index contributed by atoms with van der Waals surface area (Å²) in [6, 6.07) is 14.5. The number of carbonyl (C=O) groups is 3. The molecule has 2 aromatic carbocycles. The highest BCUT2D eigenvalue weighted by molar-refractivity contribution is 6.07. The molecule has 1 unspecified atom stereocenters. The summed E-state index contributed by atoms with van der Waals surface area (Å²) < 4.78 is 0. The standard InChI is InChI=1S/C25H29N3O3/c1-25(2,3)24(31)28-15-6-9-21(28)22(29)26-19-12-10-18(11-13-19)23(30)27-16-14-17-7-4-5-8-20(17)27/h4-5,7-8,10-13,21H,6,9,14-16H2,1-3H3,(H,26,29). The molecule has 162 valence electrons. The number of hydrogen-bond acceptors (Lipinski definition) is 3. The molecule has 4 rings (SSSR count). The Bertz CT molecular complexity index is 1010. The van der Waals surface area contributed by atoms with Crippen molar-refractivity contribution in [1.29, 1.82) is 0 Å². The summed E-state index contributed by atoms with van der Waals surface area (Å²) in [7, 11) is 0. The van der Waals surface area contributed by atoms with Crippen LogP contribution in [0, 0.1) is 5.41 Å². The second kappa shape index (κ2) is 8.17. The van der Waals surface area contributed by atoms with Crippen LogP contribution in [0.15, 0.2) is 48.5 Å². The zero-order chi connectivity index (χ0) is 22.2. The number of amides is 3. The van der Waals surface area contributed by atoms with Crippen molar-refractivity contribution in [3.05, 3.63) is 59.7 Å². The van der Waals surface area contributed by atoms with Crippen molar-refractivity contribution >= 4 is 29.1 Å². The first-order valence-electron chi connectivity index (χ1n) is 10.9. The minimum Gasteiger partial charge on any atom is -0.330 e. The fourth-order valence-electron chi connectivity index (χ4n) is 4.34. The molecule has 0 aliphatic carbocycles. The average molecular weight is 420 g/mol. The highest BCUT2D eigenvalue weighted by atomic mass is 16.2. The molecule has 1 fully saturated rings. The molecule has 0 spiro atoms. The van der Waals surface area contributed by atoms with Gasteiger partial charge in [-0.25, -0.2) is 0 Å². The third-order valence-corrected chi connectivity index (χ3v) is 5.99. The van der Waals surface area contributed by atoms with Gasteiger partial charge >= 0.3 is 0 Å². The van der Waals surface area contributed by atoms with Gasteiger partial charge in [-0.3, -0.25) is 14.4 Å². The quantitative estimate of drug-likeness (QED) is 0.821. The van der Waals surface area contributed by atoms with E-state index in [9.17, 15) is 14.4 Å². The second-order valence-electron chi connectivity index (χ2n) is 9.31. The van der Waals surface area contributed by atoms with Crippen molar-refractivity contribution in [2.45, 2.75) is 46.1 Å². The lowest BCUT2D eigenvalue weighted by Gasteiger charge is -2.30. The maximum atomic E-state index is 13.0. The van der Waals surface area contributed by atoms with Gasteiger partial charge in [0.15, 0.2) is 0 Å². The van der Waals surface area contributed by atoms with Gasteiger partial charge in [-0.1, -0.05) is 39.0 Å². The molecule has 0 saturated carbocycles. The molecular weight excluding hydrogens is 390 g/mol. The number of benzene rings is 2. The zero-order valence-electron chi connectivity index (χ0n) is 18.4. The molecule has 0 aromatic heterocycles. The van der Waals surface area contributed by atoms with Crippen LogP contribution >= 0.6 is 0 Å². The predicted molar refractivity (Wildman–Crippen MR) is 121 cm³/mol. The van der Waals surface area contributed by atoms with E-state index in [1.807, 2.05) is 39.0 Å². The van der Waals surface area contributed by atoms with Gasteiger partial charge < -0.3 is 15.1 Å². The van der Waals surface area contributed by atoms with Crippen molar-refractivity contribution in [2.24, 2.45) is 5.41 Å². The summed E-state index contributed by atoms with van der Waals surface area (Å²) in [5.41, 5.74) is 2.85. The van der Waals surface area contributed by atoms with Gasteiger partial charge in [0.25, 0.3) is 5.91 Å². The van der Waals surface area contributed by atoms with Crippen LogP contribution < -0.4 is 10.2 Å². The molecule has 6 nitrogen and oxygen atoms in total. The molecule has 0 bridgehead atoms. The summed E-state index contributed by atoms with van der Waals surface area (Å²) >= 11 is 0. The first-order valence-corrected chi connectivity index (χ1v) is 10.9. The maximum Gasteiger partial charge on any atom is 0.258 e. The van der Waals surface area contributed by atoms with Gasteiger partial charge in [-0.2, -0.15) is 0 Å². The molecule has 1 N–H and O–H groups in total. The number of rotatable bonds is 3. The van der Waals surface area contributed by atoms with E-state index in [4.69, 9.17) is 0 Å². The van der Waals surface area contributed by atoms with Gasteiger partial charge in [0, 0.05) is 35.4 Å². The van der Waals surface area contributed by atoms with Crippen LogP contribution in [0.1, 0.15) is 49.5 Å². The summed E-state index contributed by atoms with van der Waals surface area (Å²) in [4.78, 5) is 42.0. The molecule has 3 amide bonds. The van der Waals surface area contributed by atoms with Crippen LogP contribution in [0.3, 0.4) is 0 Å². The van der Waals surface area contributed by atoms with Gasteiger partial charge in [0.1, 0.15) is 6.04 Å². The Hall–Kier alpha value is -3.15. The lowest BCUT2D eigenvalue weighted by molar-refractivity contribution is -0.143. The first kappa shape index (κ1) is 21.1. The number of fused-ring (bicyclic) bond motifs is 1. The molecular formula is C25H29N3O3. The van der Waals surface area contributed by atoms with E-state index < -0.39 is 11.5 Å². The number of nitrogens with one attached hydrogen (secondary N) is 1. The normalized spacial score (nSPS) is 18.1. The number of likely N-dealkylation sites (tertiary alicyclic amines) is 1. The Morgan fingerprint density at radius 2 is 1.68 bits per heavy atom. The monoisotopic (exact) mass is 419 g/mol. The van der Waals surface area contributed by atoms with E-state index in [-0.39, 0.29) is 17.7 Å². The van der Waals surface area contributed by atoms with Crippen molar-refractivity contribution in [2.75, 3.05) is 23.3 Å². The third-order valence-electron chi connectivity index (χ3n) is 5.99. The van der Waals surface area contributed by atoms with Crippen LogP contribution in [-0.4, -0.2) is 41.8 Å². The van der Waals surface area contributed by atoms with Crippen molar-refractivity contribution in [1.82, 2.24) is 4.90 Å². The van der Waals surface area contributed by atoms with Gasteiger partial charge in [0.05, 0.1) is 0 Å². The van der Waals surface area contributed by atoms with E-state index in [1.54, 1.807) is 34.1 Å². The Morgan fingerprint density at radius 1 is 0.968 bits per heavy atom. The predicted octanol–water partition coefficient (Wildman–Crippen LogP) is 3.87. The summed E-state index contributed by atoms with van der Waals surface area (Å²) in [5.74, 6) is -0.222. The van der Waals surface area contributed by atoms with E-state index in [0.717, 1.165) is 18.5 Å². The van der Waals surface area contributed by atoms with E-state index in [2.05, 4.69) is 11.4 Å². The largest absolute Gasteiger partial charge is 0.330 e. The molecule has 1 atom stereocenters. The Kier molecular flexibility index (Phi) is 5.56. The lowest BCUT2D eigenvalue weighted by Crippen LogP contribution is -2.47. The lowest BCUT2D eigenvalue weighted by atomic mass is 9.94. The third kappa shape index (κ3) is 4.20. The van der Waals surface area contributed by atoms with Crippen LogP contribution in [0.5, 0.6) is 0 Å². The number of anilines is 2. The number of hydrogen-bond donors (Lipinski definition) is 1. The van der Waals surface area contributed by atoms with E-state index >= 15 is 0 Å². The number of carbonyl (C=O) groups excluding carboxylic acids is 3. The Balaban J connectivity index is 1.42. The molecule has 2 aliphatic heterocycles. The molecule has 1 saturated heterocycles. The molecule has 2 aliphatic rings. The summed E-state index contributed by atoms with van der Waals surface area (Å²) in [6.45, 7) is 6.90. The fourth-order valence-corrected chi connectivity index (χ4v) is 4.34. The maximum absolute atomic E-state index is 13.0. The number of nitrogens with zero attached hydrogens (tertiary/aromatic N) is 2. The zero-order valence-corrected chi connectivity index (χ0v) is 18.4. The summed E-state index contributed by atoms with van der Waals surface area (Å²) in [6.07, 6.45) is 2.35. The average Bonchev–Trinajstić information content (AvgIpc) is 3.40. The highest BCUT2D eigenvalue weighted by Gasteiger charge is 2.38. The van der Waals surface area contributed by atoms with Gasteiger partial charge in [-0.15, -0.1) is 0 Å². The molecule has 2 heterocycles. The first-order chi connectivity index (χ1) is 14.8. The smallest absolute Gasteiger partial charge is 0.258 e. The van der Waals surface area contributed by atoms with Crippen molar-refractivity contribution < 1.29 is 14.4 Å². The van der Waals surface area contributed by atoms with E-state index in [0.29, 0.717) is 30.8 Å². The van der Waals surface area contributed by atoms with Crippen LogP contribution in [-0.2, 0) is 16.0 Å². The van der Waals surface area contributed by atoms with Crippen LogP contribution in [0.2, 0.25) is 0 Å². The molecule has 2 aromatic rings. The highest BCUT2D eigenvalue weighted by Crippen LogP contribution is 2.29. The Labute approximate surface area is 183 Å². The molecule has 6 heteroatoms. The summed E-state index contributed by atoms with van der Waals surface area (Å²) in [5, 5.41) is 2.91. The van der Waals surface area contributed by atoms with Crippen LogP contribution in [0.25, 0.3) is 0 Å². The van der Waals surface area contributed by atoms with E-state index in [1.165, 1.54) is 5.56 Å². The molecule has 31 heavy (non-hydrogen) atoms. The van der Waals surface area contributed by atoms with Gasteiger partial charge in [-0.05, 0) is 55.2 Å². The molecule has 0 radical (unpaired) electrons. The van der Waals surface area contributed by atoms with Gasteiger partial charge in [0.2, 0.25) is 11.8 Å². The SMILES string of the molecule is CC(C)(C)C(=O)N1CCCC1C(=O)Nc1ccc(C(=O)N2CCc3ccccc32)cc1. The van der Waals surface area contributed by atoms with Crippen LogP contribution in [0.4, 0.5) is 11.4 Å². The minimum absolute atomic E-state index is 0.00279.